The first kappa shape index (κ1) is 27.0. The molecular formula is C28H32ClN9O5. The number of aryl methyl sites for hydroxylation is 1. The van der Waals surface area contributed by atoms with Gasteiger partial charge in [0.1, 0.15) is 17.7 Å². The Kier molecular flexibility index (Phi) is 8.45. The Morgan fingerprint density at radius 2 is 1.93 bits per heavy atom. The fourth-order valence-electron chi connectivity index (χ4n) is 3.86. The van der Waals surface area contributed by atoms with Crippen molar-refractivity contribution >= 4 is 40.8 Å². The van der Waals surface area contributed by atoms with Crippen molar-refractivity contribution in [3.63, 3.8) is 0 Å². The number of hydrogen-bond donors (Lipinski definition) is 3. The van der Waals surface area contributed by atoms with Crippen LogP contribution in [0.15, 0.2) is 42.7 Å². The van der Waals surface area contributed by atoms with Crippen LogP contribution in [0.3, 0.4) is 0 Å². The maximum absolute atomic E-state index is 12.7. The third kappa shape index (κ3) is 8.36. The number of hydrogen-bond acceptors (Lipinski definition) is 11. The molecule has 0 atom stereocenters. The van der Waals surface area contributed by atoms with Gasteiger partial charge in [0.15, 0.2) is 22.4 Å². The number of nitrogens with one attached hydrogen (secondary N) is 3. The molecule has 3 heterocycles. The van der Waals surface area contributed by atoms with E-state index in [1.807, 2.05) is 5.32 Å². The van der Waals surface area contributed by atoms with Crippen LogP contribution in [0.5, 0.6) is 5.75 Å². The molecule has 0 aliphatic carbocycles. The Bertz CT molecular complexity index is 1730. The summed E-state index contributed by atoms with van der Waals surface area (Å²) in [7, 11) is 3.17. The van der Waals surface area contributed by atoms with Crippen LogP contribution in [0.25, 0.3) is 11.4 Å². The van der Waals surface area contributed by atoms with E-state index in [-0.39, 0.29) is 29.7 Å². The average molecular weight is 613 g/mol. The van der Waals surface area contributed by atoms with Crippen molar-refractivity contribution in [3.05, 3.63) is 64.8 Å². The van der Waals surface area contributed by atoms with Crippen LogP contribution in [0.2, 0.25) is 5.15 Å². The molecule has 3 N–H and O–H groups in total. The molecule has 0 fully saturated rings. The van der Waals surface area contributed by atoms with Gasteiger partial charge in [0.25, 0.3) is 5.91 Å². The highest BCUT2D eigenvalue weighted by Crippen LogP contribution is 2.39. The number of benzene rings is 1. The Morgan fingerprint density at radius 1 is 1.12 bits per heavy atom. The number of carbonyl (C=O) groups is 2. The van der Waals surface area contributed by atoms with Crippen LogP contribution >= 0.6 is 11.6 Å². The van der Waals surface area contributed by atoms with Crippen LogP contribution in [0.4, 0.5) is 22.0 Å². The van der Waals surface area contributed by atoms with E-state index in [1.54, 1.807) is 58.2 Å². The van der Waals surface area contributed by atoms with Gasteiger partial charge in [0.2, 0.25) is 0 Å². The van der Waals surface area contributed by atoms with Gasteiger partial charge in [0, 0.05) is 24.2 Å². The van der Waals surface area contributed by atoms with E-state index in [0.717, 1.165) is 0 Å². The maximum atomic E-state index is 12.7. The Hall–Kier alpha value is -4.82. The highest BCUT2D eigenvalue weighted by Gasteiger charge is 2.21. The predicted molar refractivity (Wildman–Crippen MR) is 159 cm³/mol. The predicted octanol–water partition coefficient (Wildman–Crippen LogP) is 4.50. The molecule has 43 heavy (non-hydrogen) atoms. The van der Waals surface area contributed by atoms with Crippen molar-refractivity contribution in [3.8, 4) is 17.1 Å². The zero-order valence-electron chi connectivity index (χ0n) is 27.1. The molecule has 0 bridgehead atoms. The second-order valence-corrected chi connectivity index (χ2v) is 10.5. The lowest BCUT2D eigenvalue weighted by molar-refractivity contribution is 0.0634. The molecule has 0 aliphatic heterocycles. The van der Waals surface area contributed by atoms with Crippen molar-refractivity contribution < 1.29 is 27.9 Å². The van der Waals surface area contributed by atoms with Gasteiger partial charge < -0.3 is 24.8 Å². The number of halogens is 1. The fourth-order valence-corrected chi connectivity index (χ4v) is 4.01. The second-order valence-electron chi connectivity index (χ2n) is 10.1. The topological polar surface area (TPSA) is 167 Å². The summed E-state index contributed by atoms with van der Waals surface area (Å²) in [4.78, 5) is 33.6. The number of methoxy groups -OCH3 is 1. The summed E-state index contributed by atoms with van der Waals surface area (Å²) in [5.74, 6) is -0.0314. The van der Waals surface area contributed by atoms with Crippen molar-refractivity contribution in [1.29, 1.82) is 0 Å². The van der Waals surface area contributed by atoms with Gasteiger partial charge in [-0.1, -0.05) is 17.7 Å². The van der Waals surface area contributed by atoms with Crippen molar-refractivity contribution in [2.75, 3.05) is 24.7 Å². The average Bonchev–Trinajstić information content (AvgIpc) is 3.37. The lowest BCUT2D eigenvalue weighted by Crippen LogP contribution is -2.27. The third-order valence-electron chi connectivity index (χ3n) is 5.51. The second kappa shape index (κ2) is 13.4. The molecule has 0 aliphatic rings. The normalized spacial score (nSPS) is 12.5. The Morgan fingerprint density at radius 3 is 2.63 bits per heavy atom. The van der Waals surface area contributed by atoms with Crippen molar-refractivity contribution in [2.24, 2.45) is 7.05 Å². The summed E-state index contributed by atoms with van der Waals surface area (Å²) in [5, 5.41) is 19.4. The van der Waals surface area contributed by atoms with E-state index < -0.39 is 24.6 Å². The van der Waals surface area contributed by atoms with Gasteiger partial charge in [-0.05, 0) is 50.6 Å². The molecule has 4 aromatic rings. The molecule has 2 amide bonds. The van der Waals surface area contributed by atoms with Crippen LogP contribution < -0.4 is 20.7 Å². The largest absolute Gasteiger partial charge is 0.494 e. The minimum absolute atomic E-state index is 0.0473. The summed E-state index contributed by atoms with van der Waals surface area (Å²) in [6.45, 7) is 2.71. The summed E-state index contributed by atoms with van der Waals surface area (Å²) in [5.41, 5.74) is 1.13. The number of carbonyl (C=O) groups excluding carboxylic acids is 2. The van der Waals surface area contributed by atoms with E-state index in [9.17, 15) is 9.59 Å². The number of pyridine rings is 1. The minimum Gasteiger partial charge on any atom is -0.494 e. The van der Waals surface area contributed by atoms with E-state index in [1.165, 1.54) is 24.2 Å². The standard InChI is InChI=1S/C28H32ClN9O5/c1-28(2,3)43-27(40)34-22-9-7-8-17(32-22)14-42-13-16-10-18(25-31-15-38(5)37-25)24(41-6)20(11-16)33-19-12-21(29)35-36-23(19)26(39)30-4/h7-12,15H,13-14H2,1-6H3,(H,30,39)(H,33,35)(H,32,34,40)/i4D3. The SMILES string of the molecule is [2H]C([2H])([2H])NC(=O)c1nnc(Cl)cc1Nc1cc(COCc2cccc(NC(=O)OC(C)(C)C)n2)cc(-c2ncn(C)n2)c1OC. The Labute approximate surface area is 257 Å². The molecule has 14 nitrogen and oxygen atoms in total. The first-order chi connectivity index (χ1) is 21.6. The lowest BCUT2D eigenvalue weighted by Gasteiger charge is -2.19. The summed E-state index contributed by atoms with van der Waals surface area (Å²) >= 11 is 6.08. The highest BCUT2D eigenvalue weighted by atomic mass is 35.5. The molecule has 0 saturated carbocycles. The number of rotatable bonds is 10. The molecule has 0 unspecified atom stereocenters. The van der Waals surface area contributed by atoms with Crippen LogP contribution in [-0.4, -0.2) is 61.6 Å². The van der Waals surface area contributed by atoms with Gasteiger partial charge in [-0.2, -0.15) is 5.10 Å². The van der Waals surface area contributed by atoms with E-state index in [4.69, 9.17) is 29.9 Å². The van der Waals surface area contributed by atoms with Crippen LogP contribution in [-0.2, 0) is 29.7 Å². The lowest BCUT2D eigenvalue weighted by atomic mass is 10.1. The van der Waals surface area contributed by atoms with Gasteiger partial charge in [-0.3, -0.25) is 14.8 Å². The number of anilines is 3. The van der Waals surface area contributed by atoms with Crippen molar-refractivity contribution in [2.45, 2.75) is 39.6 Å². The molecule has 0 radical (unpaired) electrons. The van der Waals surface area contributed by atoms with Gasteiger partial charge in [-0.25, -0.2) is 14.8 Å². The monoisotopic (exact) mass is 612 g/mol. The smallest absolute Gasteiger partial charge is 0.413 e. The third-order valence-corrected chi connectivity index (χ3v) is 5.69. The first-order valence-corrected chi connectivity index (χ1v) is 13.2. The fraction of sp³-hybridized carbons (Fsp3) is 0.321. The summed E-state index contributed by atoms with van der Waals surface area (Å²) < 4.78 is 40.7. The van der Waals surface area contributed by atoms with E-state index in [2.05, 4.69) is 35.9 Å². The Balaban J connectivity index is 1.62. The molecule has 15 heteroatoms. The molecule has 3 aromatic heterocycles. The number of aromatic nitrogens is 6. The molecular weight excluding hydrogens is 578 g/mol. The molecule has 4 rings (SSSR count). The maximum Gasteiger partial charge on any atom is 0.413 e. The number of amides is 2. The number of ether oxygens (including phenoxy) is 3. The molecule has 1 aromatic carbocycles. The van der Waals surface area contributed by atoms with E-state index in [0.29, 0.717) is 39.9 Å². The minimum atomic E-state index is -2.76. The van der Waals surface area contributed by atoms with E-state index >= 15 is 0 Å². The summed E-state index contributed by atoms with van der Waals surface area (Å²) in [6.07, 6.45) is 0.899. The zero-order valence-corrected chi connectivity index (χ0v) is 24.8. The summed E-state index contributed by atoms with van der Waals surface area (Å²) in [6, 6.07) is 9.93. The highest BCUT2D eigenvalue weighted by molar-refractivity contribution is 6.29. The van der Waals surface area contributed by atoms with Gasteiger partial charge >= 0.3 is 6.09 Å². The van der Waals surface area contributed by atoms with Gasteiger partial charge in [-0.15, -0.1) is 10.2 Å². The molecule has 226 valence electrons. The zero-order chi connectivity index (χ0) is 33.6. The van der Waals surface area contributed by atoms with Crippen LogP contribution in [0, 0.1) is 0 Å². The van der Waals surface area contributed by atoms with Gasteiger partial charge in [0.05, 0.1) is 43.0 Å². The first-order valence-electron chi connectivity index (χ1n) is 14.3. The van der Waals surface area contributed by atoms with Crippen LogP contribution in [0.1, 0.15) is 46.6 Å². The quantitative estimate of drug-likeness (QED) is 0.231. The number of nitrogens with zero attached hydrogens (tertiary/aromatic N) is 6. The molecule has 0 spiro atoms. The molecule has 0 saturated heterocycles. The van der Waals surface area contributed by atoms with Crippen molar-refractivity contribution in [1.82, 2.24) is 35.3 Å².